The van der Waals surface area contributed by atoms with Crippen LogP contribution in [0.3, 0.4) is 0 Å². The van der Waals surface area contributed by atoms with Gasteiger partial charge >= 0.3 is 0 Å². The molecule has 0 spiro atoms. The van der Waals surface area contributed by atoms with Gasteiger partial charge in [0.05, 0.1) is 5.69 Å². The van der Waals surface area contributed by atoms with E-state index in [2.05, 4.69) is 45.6 Å². The van der Waals surface area contributed by atoms with E-state index < -0.39 is 0 Å². The Morgan fingerprint density at radius 3 is 2.54 bits per heavy atom. The van der Waals surface area contributed by atoms with E-state index in [9.17, 15) is 0 Å². The summed E-state index contributed by atoms with van der Waals surface area (Å²) in [7, 11) is 2.04. The Morgan fingerprint density at radius 2 is 1.82 bits per heavy atom. The molecule has 3 aromatic rings. The van der Waals surface area contributed by atoms with E-state index >= 15 is 0 Å². The van der Waals surface area contributed by atoms with Crippen molar-refractivity contribution in [1.29, 1.82) is 0 Å². The predicted octanol–water partition coefficient (Wildman–Crippen LogP) is 4.47. The zero-order valence-electron chi connectivity index (χ0n) is 16.2. The number of rotatable bonds is 6. The quantitative estimate of drug-likeness (QED) is 0.593. The van der Waals surface area contributed by atoms with Crippen LogP contribution in [0.15, 0.2) is 53.0 Å². The molecule has 0 aliphatic carbocycles. The molecule has 1 atom stereocenters. The first kappa shape index (κ1) is 19.2. The highest BCUT2D eigenvalue weighted by Crippen LogP contribution is 2.25. The van der Waals surface area contributed by atoms with Gasteiger partial charge in [0.1, 0.15) is 11.5 Å². The Kier molecular flexibility index (Phi) is 5.80. The molecule has 0 saturated heterocycles. The highest BCUT2D eigenvalue weighted by atomic mass is 79.9. The lowest BCUT2D eigenvalue weighted by molar-refractivity contribution is 0.481. The molecule has 0 amide bonds. The van der Waals surface area contributed by atoms with Gasteiger partial charge in [-0.3, -0.25) is 4.68 Å². The fourth-order valence-corrected chi connectivity index (χ4v) is 3.84. The summed E-state index contributed by atoms with van der Waals surface area (Å²) in [5, 5.41) is 11.8. The zero-order chi connectivity index (χ0) is 19.5. The Bertz CT molecular complexity index is 934. The molecule has 28 heavy (non-hydrogen) atoms. The summed E-state index contributed by atoms with van der Waals surface area (Å²) in [4.78, 5) is 0. The molecule has 146 valence electrons. The molecule has 0 saturated carbocycles. The van der Waals surface area contributed by atoms with Gasteiger partial charge in [-0.05, 0) is 48.9 Å². The Labute approximate surface area is 174 Å². The van der Waals surface area contributed by atoms with E-state index in [1.807, 2.05) is 48.1 Å². The lowest BCUT2D eigenvalue weighted by Crippen LogP contribution is -2.25. The van der Waals surface area contributed by atoms with Crippen LogP contribution >= 0.6 is 15.9 Å². The van der Waals surface area contributed by atoms with Crippen molar-refractivity contribution in [2.24, 2.45) is 7.05 Å². The number of ether oxygens (including phenoxy) is 1. The third-order valence-corrected chi connectivity index (χ3v) is 5.73. The minimum Gasteiger partial charge on any atom is -0.457 e. The van der Waals surface area contributed by atoms with E-state index in [0.29, 0.717) is 0 Å². The fourth-order valence-electron chi connectivity index (χ4n) is 3.57. The van der Waals surface area contributed by atoms with Crippen molar-refractivity contribution in [2.75, 3.05) is 6.54 Å². The number of fused-ring (bicyclic) bond motifs is 1. The van der Waals surface area contributed by atoms with Gasteiger partial charge in [-0.15, -0.1) is 0 Å². The van der Waals surface area contributed by atoms with E-state index in [0.717, 1.165) is 47.7 Å². The van der Waals surface area contributed by atoms with Crippen LogP contribution in [0.25, 0.3) is 0 Å². The van der Waals surface area contributed by atoms with E-state index in [1.165, 1.54) is 16.8 Å². The van der Waals surface area contributed by atoms with Crippen LogP contribution in [0.1, 0.15) is 35.5 Å². The third-order valence-electron chi connectivity index (χ3n) is 5.20. The van der Waals surface area contributed by atoms with Crippen molar-refractivity contribution < 1.29 is 4.74 Å². The number of benzene rings is 2. The largest absolute Gasteiger partial charge is 0.457 e. The van der Waals surface area contributed by atoms with Crippen molar-refractivity contribution in [2.45, 2.75) is 32.5 Å². The smallest absolute Gasteiger partial charge is 0.127 e. The average molecular weight is 441 g/mol. The third kappa shape index (κ3) is 4.29. The van der Waals surface area contributed by atoms with Crippen LogP contribution in [0.4, 0.5) is 0 Å². The minimum atomic E-state index is 0.232. The SMILES string of the molecule is CC(NCc1nn(C)c2c1CNCC2)c1ccc(Oc2ccc(Br)cc2)cc1. The van der Waals surface area contributed by atoms with Crippen molar-refractivity contribution >= 4 is 15.9 Å². The van der Waals surface area contributed by atoms with Gasteiger partial charge in [-0.25, -0.2) is 0 Å². The number of nitrogens with zero attached hydrogens (tertiary/aromatic N) is 2. The maximum atomic E-state index is 5.90. The second-order valence-electron chi connectivity index (χ2n) is 7.15. The molecule has 1 aliphatic heterocycles. The molecule has 2 heterocycles. The topological polar surface area (TPSA) is 51.1 Å². The van der Waals surface area contributed by atoms with Gasteiger partial charge in [0.15, 0.2) is 0 Å². The van der Waals surface area contributed by atoms with Gasteiger partial charge in [-0.2, -0.15) is 5.10 Å². The standard InChI is InChI=1S/C22H25BrN4O/c1-15(25-14-21-20-13-24-12-11-22(20)27(2)26-21)16-3-7-18(8-4-16)28-19-9-5-17(23)6-10-19/h3-10,15,24-25H,11-14H2,1-2H3. The Morgan fingerprint density at radius 1 is 1.14 bits per heavy atom. The zero-order valence-corrected chi connectivity index (χ0v) is 17.8. The second-order valence-corrected chi connectivity index (χ2v) is 8.07. The normalized spacial score (nSPS) is 14.5. The molecule has 2 aromatic carbocycles. The summed E-state index contributed by atoms with van der Waals surface area (Å²) in [5.74, 6) is 1.67. The van der Waals surface area contributed by atoms with Gasteiger partial charge in [0.2, 0.25) is 0 Å². The number of aromatic nitrogens is 2. The molecular weight excluding hydrogens is 416 g/mol. The van der Waals surface area contributed by atoms with E-state index in [-0.39, 0.29) is 6.04 Å². The Hall–Kier alpha value is -2.15. The van der Waals surface area contributed by atoms with Crippen molar-refractivity contribution in [3.05, 3.63) is 75.5 Å². The second kappa shape index (κ2) is 8.47. The Balaban J connectivity index is 1.37. The molecule has 0 radical (unpaired) electrons. The molecule has 1 aromatic heterocycles. The number of halogens is 1. The number of aryl methyl sites for hydroxylation is 1. The van der Waals surface area contributed by atoms with Gasteiger partial charge in [-0.1, -0.05) is 28.1 Å². The summed E-state index contributed by atoms with van der Waals surface area (Å²) in [6, 6.07) is 16.3. The molecule has 2 N–H and O–H groups in total. The van der Waals surface area contributed by atoms with Crippen LogP contribution in [0.2, 0.25) is 0 Å². The van der Waals surface area contributed by atoms with Crippen molar-refractivity contribution in [3.8, 4) is 11.5 Å². The first-order chi connectivity index (χ1) is 13.6. The molecule has 0 bridgehead atoms. The van der Waals surface area contributed by atoms with Crippen molar-refractivity contribution in [3.63, 3.8) is 0 Å². The highest BCUT2D eigenvalue weighted by molar-refractivity contribution is 9.10. The molecule has 1 aliphatic rings. The molecule has 5 nitrogen and oxygen atoms in total. The lowest BCUT2D eigenvalue weighted by atomic mass is 10.1. The average Bonchev–Trinajstić information content (AvgIpc) is 3.04. The number of nitrogens with one attached hydrogen (secondary N) is 2. The summed E-state index contributed by atoms with van der Waals surface area (Å²) < 4.78 is 8.98. The van der Waals surface area contributed by atoms with Crippen LogP contribution in [0.5, 0.6) is 11.5 Å². The monoisotopic (exact) mass is 440 g/mol. The van der Waals surface area contributed by atoms with Gasteiger partial charge in [0, 0.05) is 54.9 Å². The van der Waals surface area contributed by atoms with E-state index in [4.69, 9.17) is 9.84 Å². The van der Waals surface area contributed by atoms with Crippen LogP contribution < -0.4 is 15.4 Å². The first-order valence-corrected chi connectivity index (χ1v) is 10.4. The lowest BCUT2D eigenvalue weighted by Gasteiger charge is -2.17. The first-order valence-electron chi connectivity index (χ1n) is 9.61. The molecule has 6 heteroatoms. The number of hydrogen-bond acceptors (Lipinski definition) is 4. The summed E-state index contributed by atoms with van der Waals surface area (Å²) >= 11 is 3.44. The van der Waals surface area contributed by atoms with Gasteiger partial charge in [0.25, 0.3) is 0 Å². The summed E-state index contributed by atoms with van der Waals surface area (Å²) in [5.41, 5.74) is 5.09. The molecule has 0 fully saturated rings. The van der Waals surface area contributed by atoms with E-state index in [1.54, 1.807) is 0 Å². The van der Waals surface area contributed by atoms with Crippen LogP contribution in [-0.4, -0.2) is 16.3 Å². The van der Waals surface area contributed by atoms with Crippen LogP contribution in [0, 0.1) is 0 Å². The summed E-state index contributed by atoms with van der Waals surface area (Å²) in [6.45, 7) is 4.89. The number of hydrogen-bond donors (Lipinski definition) is 2. The molecule has 1 unspecified atom stereocenters. The maximum absolute atomic E-state index is 5.90. The highest BCUT2D eigenvalue weighted by Gasteiger charge is 2.19. The van der Waals surface area contributed by atoms with Gasteiger partial charge < -0.3 is 15.4 Å². The molecule has 4 rings (SSSR count). The van der Waals surface area contributed by atoms with Crippen molar-refractivity contribution in [1.82, 2.24) is 20.4 Å². The maximum Gasteiger partial charge on any atom is 0.127 e. The molecular formula is C22H25BrN4O. The van der Waals surface area contributed by atoms with Crippen LogP contribution in [-0.2, 0) is 26.6 Å². The minimum absolute atomic E-state index is 0.232. The summed E-state index contributed by atoms with van der Waals surface area (Å²) in [6.07, 6.45) is 1.05. The fraction of sp³-hybridized carbons (Fsp3) is 0.318. The predicted molar refractivity (Wildman–Crippen MR) is 115 cm³/mol.